The molecule has 0 radical (unpaired) electrons. The van der Waals surface area contributed by atoms with E-state index in [1.807, 2.05) is 0 Å². The van der Waals surface area contributed by atoms with Gasteiger partial charge in [-0.3, -0.25) is 0 Å². The molecule has 0 aromatic heterocycles. The summed E-state index contributed by atoms with van der Waals surface area (Å²) in [4.78, 5) is 0. The third-order valence-corrected chi connectivity index (χ3v) is 3.70. The van der Waals surface area contributed by atoms with Gasteiger partial charge in [-0.25, -0.2) is 0 Å². The molecule has 0 heterocycles. The fourth-order valence-corrected chi connectivity index (χ4v) is 3.23. The second kappa shape index (κ2) is 4.37. The molecule has 0 bridgehead atoms. The molecular formula is C12H13Zr. The van der Waals surface area contributed by atoms with Gasteiger partial charge in [-0.15, -0.1) is 0 Å². The van der Waals surface area contributed by atoms with E-state index in [-0.39, 0.29) is 0 Å². The average Bonchev–Trinajstić information content (AvgIpc) is 2.76. The summed E-state index contributed by atoms with van der Waals surface area (Å²) in [5, 5.41) is 0. The molecular weight excluding hydrogens is 235 g/mol. The Hall–Kier alpha value is -0.157. The van der Waals surface area contributed by atoms with Crippen LogP contribution in [0.1, 0.15) is 12.8 Å². The number of hydrogen-bond acceptors (Lipinski definition) is 0. The van der Waals surface area contributed by atoms with Gasteiger partial charge < -0.3 is 0 Å². The summed E-state index contributed by atoms with van der Waals surface area (Å²) in [6, 6.07) is 0. The Morgan fingerprint density at radius 2 is 1.62 bits per heavy atom. The van der Waals surface area contributed by atoms with Gasteiger partial charge in [0.1, 0.15) is 0 Å². The van der Waals surface area contributed by atoms with Crippen molar-refractivity contribution in [2.75, 3.05) is 0 Å². The average molecular weight is 248 g/mol. The molecule has 0 N–H and O–H groups in total. The van der Waals surface area contributed by atoms with E-state index in [1.54, 1.807) is 35.9 Å². The molecule has 0 saturated carbocycles. The Labute approximate surface area is 95.0 Å². The quantitative estimate of drug-likeness (QED) is 0.718. The normalized spacial score (nSPS) is 19.7. The fraction of sp³-hybridized carbons (Fsp3) is 0.333. The van der Waals surface area contributed by atoms with Crippen LogP contribution in [0.15, 0.2) is 47.6 Å². The number of allylic oxidation sites excluding steroid dienone is 8. The van der Waals surface area contributed by atoms with E-state index < -0.39 is 0 Å². The minimum absolute atomic E-state index is 0.739. The first-order chi connectivity index (χ1) is 6.42. The first kappa shape index (κ1) is 9.40. The molecule has 2 aliphatic rings. The van der Waals surface area contributed by atoms with E-state index in [9.17, 15) is 0 Å². The van der Waals surface area contributed by atoms with Gasteiger partial charge in [-0.1, -0.05) is 0 Å². The van der Waals surface area contributed by atoms with Crippen molar-refractivity contribution in [1.29, 1.82) is 0 Å². The van der Waals surface area contributed by atoms with Crippen molar-refractivity contribution in [2.45, 2.75) is 17.0 Å². The van der Waals surface area contributed by atoms with E-state index in [0.29, 0.717) is 0 Å². The molecule has 0 aromatic rings. The van der Waals surface area contributed by atoms with Crippen LogP contribution in [0.5, 0.6) is 0 Å². The molecule has 1 heteroatoms. The second-order valence-corrected chi connectivity index (χ2v) is 4.51. The Bertz CT molecular complexity index is 275. The van der Waals surface area contributed by atoms with Crippen molar-refractivity contribution in [3.63, 3.8) is 0 Å². The zero-order chi connectivity index (χ0) is 9.10. The molecule has 2 rings (SSSR count). The summed E-state index contributed by atoms with van der Waals surface area (Å²) in [7, 11) is 0. The molecule has 0 fully saturated rings. The standard InChI is InChI=1S/C12H13.Zr/c1-10(11-6-2-3-7-11)12-8-4-5-9-12;/h2-6,8,10H,1,7,9H2;. The summed E-state index contributed by atoms with van der Waals surface area (Å²) < 4.78 is 1.33. The van der Waals surface area contributed by atoms with E-state index in [0.717, 1.165) is 5.92 Å². The van der Waals surface area contributed by atoms with Crippen molar-refractivity contribution in [3.8, 4) is 0 Å². The van der Waals surface area contributed by atoms with Gasteiger partial charge in [0.15, 0.2) is 0 Å². The fourth-order valence-electron chi connectivity index (χ4n) is 1.94. The van der Waals surface area contributed by atoms with Crippen LogP contribution in [-0.4, -0.2) is 0 Å². The van der Waals surface area contributed by atoms with Crippen LogP contribution in [0.3, 0.4) is 0 Å². The van der Waals surface area contributed by atoms with Crippen LogP contribution >= 0.6 is 0 Å². The Balaban J connectivity index is 2.09. The molecule has 0 spiro atoms. The number of rotatable bonds is 3. The predicted molar refractivity (Wildman–Crippen MR) is 52.0 cm³/mol. The first-order valence-electron chi connectivity index (χ1n) is 4.77. The topological polar surface area (TPSA) is 0 Å². The summed E-state index contributed by atoms with van der Waals surface area (Å²) >= 11 is 1.65. The second-order valence-electron chi connectivity index (χ2n) is 3.50. The summed E-state index contributed by atoms with van der Waals surface area (Å²) in [5.41, 5.74) is 3.23. The molecule has 0 unspecified atom stereocenters. The van der Waals surface area contributed by atoms with E-state index in [1.165, 1.54) is 17.0 Å². The zero-order valence-corrected chi connectivity index (χ0v) is 10.1. The number of hydrogen-bond donors (Lipinski definition) is 0. The van der Waals surface area contributed by atoms with Gasteiger partial charge in [0.25, 0.3) is 0 Å². The molecule has 0 saturated heterocycles. The summed E-state index contributed by atoms with van der Waals surface area (Å²) in [6.07, 6.45) is 15.9. The van der Waals surface area contributed by atoms with Gasteiger partial charge >= 0.3 is 95.2 Å². The SMILES string of the molecule is [Zr][CH2]C(C1=CC=CC1)C1=CC=CC1. The summed E-state index contributed by atoms with van der Waals surface area (Å²) in [5.74, 6) is 0.739. The van der Waals surface area contributed by atoms with Gasteiger partial charge in [0.2, 0.25) is 0 Å². The molecule has 65 valence electrons. The molecule has 13 heavy (non-hydrogen) atoms. The molecule has 2 aliphatic carbocycles. The Morgan fingerprint density at radius 3 is 1.92 bits per heavy atom. The maximum atomic E-state index is 2.30. The molecule has 0 nitrogen and oxygen atoms in total. The van der Waals surface area contributed by atoms with Gasteiger partial charge in [0, 0.05) is 0 Å². The van der Waals surface area contributed by atoms with Gasteiger partial charge in [0.05, 0.1) is 0 Å². The van der Waals surface area contributed by atoms with Crippen molar-refractivity contribution < 1.29 is 24.7 Å². The van der Waals surface area contributed by atoms with Crippen molar-refractivity contribution >= 4 is 0 Å². The van der Waals surface area contributed by atoms with Crippen LogP contribution in [0.2, 0.25) is 4.13 Å². The Morgan fingerprint density at radius 1 is 1.08 bits per heavy atom. The van der Waals surface area contributed by atoms with Gasteiger partial charge in [-0.05, 0) is 0 Å². The molecule has 0 amide bonds. The predicted octanol–water partition coefficient (Wildman–Crippen LogP) is 3.34. The van der Waals surface area contributed by atoms with Crippen LogP contribution in [0.4, 0.5) is 0 Å². The minimum atomic E-state index is 0.739. The van der Waals surface area contributed by atoms with Crippen LogP contribution in [-0.2, 0) is 24.7 Å². The van der Waals surface area contributed by atoms with Crippen molar-refractivity contribution in [3.05, 3.63) is 47.6 Å². The van der Waals surface area contributed by atoms with Crippen LogP contribution in [0.25, 0.3) is 0 Å². The van der Waals surface area contributed by atoms with Crippen molar-refractivity contribution in [2.24, 2.45) is 5.92 Å². The third kappa shape index (κ3) is 2.02. The van der Waals surface area contributed by atoms with Crippen LogP contribution < -0.4 is 0 Å². The molecule has 0 atom stereocenters. The molecule has 0 aromatic carbocycles. The Kier molecular flexibility index (Phi) is 3.16. The zero-order valence-electron chi connectivity index (χ0n) is 7.66. The van der Waals surface area contributed by atoms with E-state index >= 15 is 0 Å². The van der Waals surface area contributed by atoms with E-state index in [4.69, 9.17) is 0 Å². The third-order valence-electron chi connectivity index (χ3n) is 2.70. The first-order valence-corrected chi connectivity index (χ1v) is 6.51. The van der Waals surface area contributed by atoms with E-state index in [2.05, 4.69) is 36.5 Å². The maximum absolute atomic E-state index is 2.30. The van der Waals surface area contributed by atoms with Gasteiger partial charge in [-0.2, -0.15) is 0 Å². The van der Waals surface area contributed by atoms with Crippen molar-refractivity contribution in [1.82, 2.24) is 0 Å². The molecule has 0 aliphatic heterocycles. The van der Waals surface area contributed by atoms with Crippen LogP contribution in [0, 0.1) is 5.92 Å². The summed E-state index contributed by atoms with van der Waals surface area (Å²) in [6.45, 7) is 0. The monoisotopic (exact) mass is 247 g/mol.